The molecular weight excluding hydrogens is 282 g/mol. The van der Waals surface area contributed by atoms with E-state index in [1.165, 1.54) is 0 Å². The molecule has 3 rings (SSSR count). The highest BCUT2D eigenvalue weighted by Gasteiger charge is 2.35. The summed E-state index contributed by atoms with van der Waals surface area (Å²) in [5, 5.41) is 1.99. The fourth-order valence-corrected chi connectivity index (χ4v) is 3.27. The topological polar surface area (TPSA) is 59.2 Å². The molecule has 1 atom stereocenters. The van der Waals surface area contributed by atoms with E-state index in [9.17, 15) is 4.79 Å². The van der Waals surface area contributed by atoms with Crippen molar-refractivity contribution in [3.8, 4) is 11.3 Å². The van der Waals surface area contributed by atoms with E-state index in [4.69, 9.17) is 5.73 Å². The Hall–Kier alpha value is -1.72. The number of nitrogens with zero attached hydrogens (tertiary/aromatic N) is 2. The third-order valence-electron chi connectivity index (χ3n) is 4.18. The van der Waals surface area contributed by atoms with Crippen LogP contribution in [0.3, 0.4) is 0 Å². The molecule has 0 saturated carbocycles. The highest BCUT2D eigenvalue weighted by Crippen LogP contribution is 2.30. The first kappa shape index (κ1) is 14.2. The zero-order chi connectivity index (χ0) is 14.9. The second-order valence-electron chi connectivity index (χ2n) is 5.95. The first-order chi connectivity index (χ1) is 10.1. The molecule has 0 radical (unpaired) electrons. The largest absolute Gasteiger partial charge is 0.338 e. The molecule has 1 saturated heterocycles. The smallest absolute Gasteiger partial charge is 0.253 e. The number of hydrogen-bond acceptors (Lipinski definition) is 4. The van der Waals surface area contributed by atoms with Crippen molar-refractivity contribution in [1.29, 1.82) is 0 Å². The summed E-state index contributed by atoms with van der Waals surface area (Å²) >= 11 is 1.56. The number of rotatable bonds is 3. The summed E-state index contributed by atoms with van der Waals surface area (Å²) in [5.74, 6) is 0.0873. The van der Waals surface area contributed by atoms with E-state index >= 15 is 0 Å². The van der Waals surface area contributed by atoms with Crippen LogP contribution in [0.25, 0.3) is 11.3 Å². The lowest BCUT2D eigenvalue weighted by molar-refractivity contribution is 0.0777. The molecule has 4 nitrogen and oxygen atoms in total. The van der Waals surface area contributed by atoms with Gasteiger partial charge in [-0.05, 0) is 30.5 Å². The van der Waals surface area contributed by atoms with Crippen molar-refractivity contribution < 1.29 is 4.79 Å². The van der Waals surface area contributed by atoms with Gasteiger partial charge in [-0.3, -0.25) is 4.79 Å². The van der Waals surface area contributed by atoms with Crippen LogP contribution in [0.5, 0.6) is 0 Å². The van der Waals surface area contributed by atoms with E-state index < -0.39 is 0 Å². The normalized spacial score (nSPS) is 21.7. The highest BCUT2D eigenvalue weighted by atomic mass is 32.1. The standard InChI is InChI=1S/C16H19N3OS/c1-16(9-17)5-6-19(10-16)15(20)13-4-2-3-12(7-13)14-8-21-11-18-14/h2-4,7-8,11H,5-6,9-10,17H2,1H3. The number of likely N-dealkylation sites (tertiary alicyclic amines) is 1. The van der Waals surface area contributed by atoms with E-state index in [0.29, 0.717) is 6.54 Å². The molecule has 5 heteroatoms. The molecule has 0 aliphatic carbocycles. The number of carbonyl (C=O) groups is 1. The maximum absolute atomic E-state index is 12.6. The fraction of sp³-hybridized carbons (Fsp3) is 0.375. The lowest BCUT2D eigenvalue weighted by Crippen LogP contribution is -2.34. The van der Waals surface area contributed by atoms with Crippen LogP contribution < -0.4 is 5.73 Å². The SMILES string of the molecule is CC1(CN)CCN(C(=O)c2cccc(-c3cscn3)c2)C1. The highest BCUT2D eigenvalue weighted by molar-refractivity contribution is 7.07. The van der Waals surface area contributed by atoms with E-state index in [-0.39, 0.29) is 11.3 Å². The van der Waals surface area contributed by atoms with Crippen LogP contribution in [-0.4, -0.2) is 35.4 Å². The number of benzene rings is 1. The number of thiazole rings is 1. The summed E-state index contributed by atoms with van der Waals surface area (Å²) < 4.78 is 0. The zero-order valence-electron chi connectivity index (χ0n) is 12.1. The summed E-state index contributed by atoms with van der Waals surface area (Å²) in [6.45, 7) is 4.29. The number of carbonyl (C=O) groups excluding carboxylic acids is 1. The monoisotopic (exact) mass is 301 g/mol. The predicted molar refractivity (Wildman–Crippen MR) is 85.2 cm³/mol. The molecule has 0 spiro atoms. The van der Waals surface area contributed by atoms with E-state index in [2.05, 4.69) is 11.9 Å². The summed E-state index contributed by atoms with van der Waals surface area (Å²) in [5.41, 5.74) is 10.3. The van der Waals surface area contributed by atoms with Gasteiger partial charge < -0.3 is 10.6 Å². The van der Waals surface area contributed by atoms with Crippen molar-refractivity contribution >= 4 is 17.2 Å². The van der Waals surface area contributed by atoms with Crippen molar-refractivity contribution in [2.45, 2.75) is 13.3 Å². The minimum absolute atomic E-state index is 0.0577. The lowest BCUT2D eigenvalue weighted by atomic mass is 9.90. The number of nitrogens with two attached hydrogens (primary N) is 1. The van der Waals surface area contributed by atoms with Crippen LogP contribution in [-0.2, 0) is 0 Å². The second-order valence-corrected chi connectivity index (χ2v) is 6.66. The van der Waals surface area contributed by atoms with Gasteiger partial charge in [-0.1, -0.05) is 19.1 Å². The van der Waals surface area contributed by atoms with Gasteiger partial charge in [-0.25, -0.2) is 4.98 Å². The summed E-state index contributed by atoms with van der Waals surface area (Å²) in [6.07, 6.45) is 0.973. The van der Waals surface area contributed by atoms with Crippen LogP contribution in [0, 0.1) is 5.41 Å². The van der Waals surface area contributed by atoms with Crippen molar-refractivity contribution in [2.24, 2.45) is 11.1 Å². The molecule has 2 N–H and O–H groups in total. The first-order valence-electron chi connectivity index (χ1n) is 7.09. The molecule has 2 aromatic rings. The molecule has 1 aliphatic heterocycles. The molecule has 110 valence electrons. The molecule has 0 bridgehead atoms. The summed E-state index contributed by atoms with van der Waals surface area (Å²) in [7, 11) is 0. The third kappa shape index (κ3) is 2.84. The number of aromatic nitrogens is 1. The predicted octanol–water partition coefficient (Wildman–Crippen LogP) is 2.62. The molecular formula is C16H19N3OS. The Morgan fingerprint density at radius 2 is 2.38 bits per heavy atom. The molecule has 1 aromatic carbocycles. The molecule has 1 aromatic heterocycles. The van der Waals surface area contributed by atoms with Gasteiger partial charge in [-0.15, -0.1) is 11.3 Å². The fourth-order valence-electron chi connectivity index (χ4n) is 2.71. The Balaban J connectivity index is 1.81. The maximum atomic E-state index is 12.6. The second kappa shape index (κ2) is 5.58. The van der Waals surface area contributed by atoms with Gasteiger partial charge in [-0.2, -0.15) is 0 Å². The van der Waals surface area contributed by atoms with Crippen LogP contribution in [0.2, 0.25) is 0 Å². The maximum Gasteiger partial charge on any atom is 0.253 e. The first-order valence-corrected chi connectivity index (χ1v) is 8.04. The van der Waals surface area contributed by atoms with Gasteiger partial charge in [0, 0.05) is 29.6 Å². The van der Waals surface area contributed by atoms with Crippen molar-refractivity contribution in [1.82, 2.24) is 9.88 Å². The van der Waals surface area contributed by atoms with Gasteiger partial charge in [0.15, 0.2) is 0 Å². The van der Waals surface area contributed by atoms with E-state index in [1.807, 2.05) is 34.5 Å². The van der Waals surface area contributed by atoms with Gasteiger partial charge >= 0.3 is 0 Å². The van der Waals surface area contributed by atoms with Crippen LogP contribution >= 0.6 is 11.3 Å². The summed E-state index contributed by atoms with van der Waals surface area (Å²) in [6, 6.07) is 7.70. The Kier molecular flexibility index (Phi) is 3.78. The molecule has 1 amide bonds. The number of amides is 1. The molecule has 1 fully saturated rings. The minimum atomic E-state index is 0.0577. The van der Waals surface area contributed by atoms with Gasteiger partial charge in [0.05, 0.1) is 11.2 Å². The molecule has 2 heterocycles. The van der Waals surface area contributed by atoms with Gasteiger partial charge in [0.1, 0.15) is 0 Å². The Morgan fingerprint density at radius 3 is 3.05 bits per heavy atom. The lowest BCUT2D eigenvalue weighted by Gasteiger charge is -2.22. The van der Waals surface area contributed by atoms with Crippen LogP contribution in [0.15, 0.2) is 35.2 Å². The van der Waals surface area contributed by atoms with Crippen LogP contribution in [0.1, 0.15) is 23.7 Å². The van der Waals surface area contributed by atoms with Gasteiger partial charge in [0.2, 0.25) is 0 Å². The average Bonchev–Trinajstić information content (AvgIpc) is 3.17. The quantitative estimate of drug-likeness (QED) is 0.948. The Bertz CT molecular complexity index is 641. The van der Waals surface area contributed by atoms with Crippen molar-refractivity contribution in [2.75, 3.05) is 19.6 Å². The van der Waals surface area contributed by atoms with Crippen molar-refractivity contribution in [3.63, 3.8) is 0 Å². The Labute approximate surface area is 128 Å². The zero-order valence-corrected chi connectivity index (χ0v) is 12.9. The molecule has 1 unspecified atom stereocenters. The van der Waals surface area contributed by atoms with E-state index in [1.54, 1.807) is 16.8 Å². The summed E-state index contributed by atoms with van der Waals surface area (Å²) in [4.78, 5) is 18.8. The average molecular weight is 301 g/mol. The van der Waals surface area contributed by atoms with Crippen molar-refractivity contribution in [3.05, 3.63) is 40.7 Å². The third-order valence-corrected chi connectivity index (χ3v) is 4.76. The minimum Gasteiger partial charge on any atom is -0.338 e. The molecule has 21 heavy (non-hydrogen) atoms. The van der Waals surface area contributed by atoms with E-state index in [0.717, 1.165) is 36.3 Å². The number of hydrogen-bond donors (Lipinski definition) is 1. The van der Waals surface area contributed by atoms with Crippen LogP contribution in [0.4, 0.5) is 0 Å². The van der Waals surface area contributed by atoms with Gasteiger partial charge in [0.25, 0.3) is 5.91 Å². The Morgan fingerprint density at radius 1 is 1.52 bits per heavy atom. The molecule has 1 aliphatic rings.